The number of fused-ring (bicyclic) bond motifs is 2. The molecular weight excluding hydrogens is 426 g/mol. The third-order valence-corrected chi connectivity index (χ3v) is 6.36. The van der Waals surface area contributed by atoms with E-state index in [1.807, 2.05) is 19.1 Å². The summed E-state index contributed by atoms with van der Waals surface area (Å²) in [6.07, 6.45) is 1.41. The molecule has 10 nitrogen and oxygen atoms in total. The summed E-state index contributed by atoms with van der Waals surface area (Å²) in [6.45, 7) is 2.54. The quantitative estimate of drug-likeness (QED) is 0.372. The van der Waals surface area contributed by atoms with Crippen molar-refractivity contribution < 1.29 is 19.3 Å². The molecule has 2 aromatic carbocycles. The van der Waals surface area contributed by atoms with Gasteiger partial charge in [-0.15, -0.1) is 0 Å². The minimum atomic E-state index is -0.803. The number of hydrogen-bond acceptors (Lipinski definition) is 6. The van der Waals surface area contributed by atoms with E-state index in [1.54, 1.807) is 4.90 Å². The zero-order chi connectivity index (χ0) is 23.3. The summed E-state index contributed by atoms with van der Waals surface area (Å²) in [5.41, 5.74) is 2.33. The zero-order valence-electron chi connectivity index (χ0n) is 17.9. The maximum Gasteiger partial charge on any atom is 0.282 e. The maximum atomic E-state index is 12.9. The largest absolute Gasteiger partial charge is 0.342 e. The summed E-state index contributed by atoms with van der Waals surface area (Å²) in [6, 6.07) is 9.96. The van der Waals surface area contributed by atoms with Crippen LogP contribution in [0.3, 0.4) is 0 Å². The first-order valence-electron chi connectivity index (χ1n) is 10.7. The van der Waals surface area contributed by atoms with Crippen LogP contribution in [-0.2, 0) is 4.79 Å². The molecule has 0 aliphatic carbocycles. The summed E-state index contributed by atoms with van der Waals surface area (Å²) in [4.78, 5) is 59.3. The van der Waals surface area contributed by atoms with Crippen LogP contribution in [0, 0.1) is 17.0 Å². The molecule has 0 saturated carbocycles. The molecule has 3 amide bonds. The molecule has 3 heterocycles. The molecule has 1 saturated heterocycles. The number of aromatic nitrogens is 2. The number of H-pyrrole nitrogens is 1. The number of hydrogen-bond donors (Lipinski definition) is 1. The van der Waals surface area contributed by atoms with Crippen molar-refractivity contribution >= 4 is 34.4 Å². The third kappa shape index (κ3) is 3.53. The SMILES string of the molecule is Cc1ccc2nc(C3CCN(C(=O)CN4C(=O)c5cccc([N+](=O)[O-])c5C4=O)CC3)[nH]c2c1. The van der Waals surface area contributed by atoms with Crippen molar-refractivity contribution in [2.75, 3.05) is 19.6 Å². The number of aryl methyl sites for hydroxylation is 1. The molecule has 2 aliphatic heterocycles. The summed E-state index contributed by atoms with van der Waals surface area (Å²) < 4.78 is 0. The van der Waals surface area contributed by atoms with E-state index >= 15 is 0 Å². The first kappa shape index (κ1) is 20.8. The first-order valence-corrected chi connectivity index (χ1v) is 10.7. The highest BCUT2D eigenvalue weighted by molar-refractivity contribution is 6.24. The van der Waals surface area contributed by atoms with E-state index in [1.165, 1.54) is 18.2 Å². The fourth-order valence-corrected chi connectivity index (χ4v) is 4.59. The van der Waals surface area contributed by atoms with Gasteiger partial charge in [-0.3, -0.25) is 29.4 Å². The van der Waals surface area contributed by atoms with Crippen molar-refractivity contribution in [3.05, 3.63) is 69.0 Å². The van der Waals surface area contributed by atoms with E-state index in [9.17, 15) is 24.5 Å². The molecule has 3 aromatic rings. The number of nitrogens with one attached hydrogen (secondary N) is 1. The lowest BCUT2D eigenvalue weighted by Gasteiger charge is -2.32. The molecule has 0 bridgehead atoms. The highest BCUT2D eigenvalue weighted by atomic mass is 16.6. The highest BCUT2D eigenvalue weighted by Gasteiger charge is 2.42. The summed E-state index contributed by atoms with van der Waals surface area (Å²) in [7, 11) is 0. The van der Waals surface area contributed by atoms with Gasteiger partial charge >= 0.3 is 0 Å². The van der Waals surface area contributed by atoms with E-state index < -0.39 is 29.0 Å². The Hall–Kier alpha value is -4.08. The van der Waals surface area contributed by atoms with E-state index in [2.05, 4.69) is 16.0 Å². The second-order valence-electron chi connectivity index (χ2n) is 8.45. The van der Waals surface area contributed by atoms with E-state index in [4.69, 9.17) is 0 Å². The second kappa shape index (κ2) is 7.80. The first-order chi connectivity index (χ1) is 15.8. The van der Waals surface area contributed by atoms with Crippen LogP contribution in [-0.4, -0.2) is 62.0 Å². The standard InChI is InChI=1S/C23H21N5O5/c1-13-5-6-16-17(11-13)25-21(24-16)14-7-9-26(10-8-14)19(29)12-27-22(30)15-3-2-4-18(28(32)33)20(15)23(27)31/h2-6,11,14H,7-10,12H2,1H3,(H,24,25). The molecule has 10 heteroatoms. The van der Waals surface area contributed by atoms with Crippen LogP contribution in [0.25, 0.3) is 11.0 Å². The molecule has 0 radical (unpaired) electrons. The minimum absolute atomic E-state index is 0.0409. The molecule has 2 aliphatic rings. The van der Waals surface area contributed by atoms with Gasteiger partial charge in [-0.25, -0.2) is 4.98 Å². The van der Waals surface area contributed by atoms with Gasteiger partial charge in [-0.1, -0.05) is 12.1 Å². The minimum Gasteiger partial charge on any atom is -0.342 e. The Morgan fingerprint density at radius 1 is 1.18 bits per heavy atom. The van der Waals surface area contributed by atoms with Gasteiger partial charge in [0.25, 0.3) is 17.5 Å². The van der Waals surface area contributed by atoms with Crippen LogP contribution in [0.2, 0.25) is 0 Å². The number of carbonyl (C=O) groups is 3. The van der Waals surface area contributed by atoms with Crippen LogP contribution in [0.1, 0.15) is 50.9 Å². The molecule has 1 N–H and O–H groups in total. The number of nitro groups is 1. The van der Waals surface area contributed by atoms with Gasteiger partial charge < -0.3 is 9.88 Å². The van der Waals surface area contributed by atoms with Crippen molar-refractivity contribution in [3.63, 3.8) is 0 Å². The predicted molar refractivity (Wildman–Crippen MR) is 118 cm³/mol. The number of piperidine rings is 1. The van der Waals surface area contributed by atoms with Gasteiger partial charge in [0.2, 0.25) is 5.91 Å². The maximum absolute atomic E-state index is 12.9. The van der Waals surface area contributed by atoms with Crippen LogP contribution < -0.4 is 0 Å². The molecular formula is C23H21N5O5. The van der Waals surface area contributed by atoms with Crippen LogP contribution in [0.15, 0.2) is 36.4 Å². The molecule has 0 spiro atoms. The molecule has 1 fully saturated rings. The van der Waals surface area contributed by atoms with Crippen LogP contribution >= 0.6 is 0 Å². The number of carbonyl (C=O) groups excluding carboxylic acids is 3. The topological polar surface area (TPSA) is 130 Å². The van der Waals surface area contributed by atoms with Gasteiger partial charge in [-0.05, 0) is 43.5 Å². The van der Waals surface area contributed by atoms with Crippen molar-refractivity contribution in [2.45, 2.75) is 25.7 Å². The lowest BCUT2D eigenvalue weighted by molar-refractivity contribution is -0.385. The molecule has 0 atom stereocenters. The lowest BCUT2D eigenvalue weighted by Crippen LogP contribution is -2.45. The monoisotopic (exact) mass is 447 g/mol. The fraction of sp³-hybridized carbons (Fsp3) is 0.304. The number of imide groups is 1. The summed E-state index contributed by atoms with van der Waals surface area (Å²) >= 11 is 0. The molecule has 168 valence electrons. The van der Waals surface area contributed by atoms with Gasteiger partial charge in [0.15, 0.2) is 0 Å². The van der Waals surface area contributed by atoms with Crippen LogP contribution in [0.4, 0.5) is 5.69 Å². The summed E-state index contributed by atoms with van der Waals surface area (Å²) in [5.74, 6) is -0.757. The average Bonchev–Trinajstić information content (AvgIpc) is 3.33. The van der Waals surface area contributed by atoms with Crippen molar-refractivity contribution in [1.82, 2.24) is 19.8 Å². The zero-order valence-corrected chi connectivity index (χ0v) is 17.9. The van der Waals surface area contributed by atoms with E-state index in [0.717, 1.165) is 27.3 Å². The fourth-order valence-electron chi connectivity index (χ4n) is 4.59. The normalized spacial score (nSPS) is 16.5. The van der Waals surface area contributed by atoms with E-state index in [0.29, 0.717) is 25.9 Å². The Morgan fingerprint density at radius 3 is 2.67 bits per heavy atom. The van der Waals surface area contributed by atoms with Gasteiger partial charge in [0, 0.05) is 25.1 Å². The second-order valence-corrected chi connectivity index (χ2v) is 8.45. The Balaban J connectivity index is 1.25. The van der Waals surface area contributed by atoms with Crippen molar-refractivity contribution in [3.8, 4) is 0 Å². The Kier molecular flexibility index (Phi) is 4.92. The van der Waals surface area contributed by atoms with Gasteiger partial charge in [0.1, 0.15) is 17.9 Å². The number of imidazole rings is 1. The Morgan fingerprint density at radius 2 is 1.94 bits per heavy atom. The Bertz CT molecular complexity index is 1320. The Labute approximate surface area is 188 Å². The van der Waals surface area contributed by atoms with Gasteiger partial charge in [0.05, 0.1) is 21.5 Å². The predicted octanol–water partition coefficient (Wildman–Crippen LogP) is 2.78. The number of benzene rings is 2. The number of amides is 3. The van der Waals surface area contributed by atoms with E-state index in [-0.39, 0.29) is 23.0 Å². The number of aromatic amines is 1. The highest BCUT2D eigenvalue weighted by Crippen LogP contribution is 2.31. The smallest absolute Gasteiger partial charge is 0.282 e. The van der Waals surface area contributed by atoms with Gasteiger partial charge in [-0.2, -0.15) is 0 Å². The third-order valence-electron chi connectivity index (χ3n) is 6.36. The molecule has 1 aromatic heterocycles. The molecule has 5 rings (SSSR count). The number of likely N-dealkylation sites (tertiary alicyclic amines) is 1. The molecule has 33 heavy (non-hydrogen) atoms. The molecule has 0 unspecified atom stereocenters. The number of nitro benzene ring substituents is 1. The average molecular weight is 447 g/mol. The van der Waals surface area contributed by atoms with Crippen LogP contribution in [0.5, 0.6) is 0 Å². The number of nitrogens with zero attached hydrogens (tertiary/aromatic N) is 4. The summed E-state index contributed by atoms with van der Waals surface area (Å²) in [5, 5.41) is 11.3. The lowest BCUT2D eigenvalue weighted by atomic mass is 9.96. The number of rotatable bonds is 4. The van der Waals surface area contributed by atoms with Crippen molar-refractivity contribution in [1.29, 1.82) is 0 Å². The van der Waals surface area contributed by atoms with Crippen molar-refractivity contribution in [2.24, 2.45) is 0 Å².